The van der Waals surface area contributed by atoms with Crippen LogP contribution in [0.5, 0.6) is 0 Å². The lowest BCUT2D eigenvalue weighted by molar-refractivity contribution is -0.147. The lowest BCUT2D eigenvalue weighted by atomic mass is 9.89. The summed E-state index contributed by atoms with van der Waals surface area (Å²) in [4.78, 5) is 27.3. The van der Waals surface area contributed by atoms with Crippen LogP contribution in [-0.4, -0.2) is 56.0 Å². The van der Waals surface area contributed by atoms with Crippen LogP contribution in [0.1, 0.15) is 37.0 Å². The van der Waals surface area contributed by atoms with Crippen molar-refractivity contribution in [3.05, 3.63) is 29.8 Å². The van der Waals surface area contributed by atoms with Gasteiger partial charge in [-0.3, -0.25) is 14.5 Å². The molecule has 1 aromatic rings. The standard InChI is InChI=1S/C19H26N2O3/c1-19(2)13-17(24-18(19)23)7-8-20-9-11-21(12-10-20)16-5-3-15(14-22)4-6-16/h3-6,14,17H,7-13H2,1-2H3/t17-/m1/s1. The number of carbonyl (C=O) groups excluding carboxylic acids is 2. The molecule has 2 aliphatic heterocycles. The molecule has 0 saturated carbocycles. The number of cyclic esters (lactones) is 1. The number of ether oxygens (including phenoxy) is 1. The lowest BCUT2D eigenvalue weighted by Gasteiger charge is -2.36. The van der Waals surface area contributed by atoms with E-state index in [-0.39, 0.29) is 17.5 Å². The normalized spacial score (nSPS) is 24.0. The molecule has 5 heteroatoms. The molecule has 0 aliphatic carbocycles. The smallest absolute Gasteiger partial charge is 0.311 e. The molecule has 2 aliphatic rings. The van der Waals surface area contributed by atoms with Crippen LogP contribution < -0.4 is 4.90 Å². The van der Waals surface area contributed by atoms with Crippen molar-refractivity contribution in [1.29, 1.82) is 0 Å². The van der Waals surface area contributed by atoms with Gasteiger partial charge in [-0.2, -0.15) is 0 Å². The fraction of sp³-hybridized carbons (Fsp3) is 0.579. The van der Waals surface area contributed by atoms with Crippen molar-refractivity contribution in [1.82, 2.24) is 4.90 Å². The minimum atomic E-state index is -0.322. The van der Waals surface area contributed by atoms with E-state index in [2.05, 4.69) is 9.80 Å². The lowest BCUT2D eigenvalue weighted by Crippen LogP contribution is -2.47. The van der Waals surface area contributed by atoms with Gasteiger partial charge in [-0.1, -0.05) is 0 Å². The molecule has 24 heavy (non-hydrogen) atoms. The summed E-state index contributed by atoms with van der Waals surface area (Å²) in [7, 11) is 0. The van der Waals surface area contributed by atoms with Gasteiger partial charge in [0, 0.05) is 44.0 Å². The van der Waals surface area contributed by atoms with Crippen LogP contribution in [0.3, 0.4) is 0 Å². The average Bonchev–Trinajstić information content (AvgIpc) is 2.86. The predicted molar refractivity (Wildman–Crippen MR) is 93.4 cm³/mol. The Kier molecular flexibility index (Phi) is 4.90. The molecule has 2 fully saturated rings. The summed E-state index contributed by atoms with van der Waals surface area (Å²) in [5.74, 6) is -0.0592. The van der Waals surface area contributed by atoms with Crippen molar-refractivity contribution in [3.8, 4) is 0 Å². The van der Waals surface area contributed by atoms with Crippen LogP contribution in [0.2, 0.25) is 0 Å². The van der Waals surface area contributed by atoms with Gasteiger partial charge in [0.15, 0.2) is 0 Å². The number of aldehydes is 1. The quantitative estimate of drug-likeness (QED) is 0.613. The molecular formula is C19H26N2O3. The van der Waals surface area contributed by atoms with Gasteiger partial charge < -0.3 is 9.64 Å². The molecule has 0 spiro atoms. The fourth-order valence-electron chi connectivity index (χ4n) is 3.49. The summed E-state index contributed by atoms with van der Waals surface area (Å²) >= 11 is 0. The van der Waals surface area contributed by atoms with Crippen LogP contribution in [0.4, 0.5) is 5.69 Å². The zero-order valence-electron chi connectivity index (χ0n) is 14.5. The Labute approximate surface area is 143 Å². The zero-order valence-corrected chi connectivity index (χ0v) is 14.5. The number of nitrogens with zero attached hydrogens (tertiary/aromatic N) is 2. The highest BCUT2D eigenvalue weighted by Gasteiger charge is 2.41. The molecule has 0 bridgehead atoms. The highest BCUT2D eigenvalue weighted by atomic mass is 16.6. The molecule has 130 valence electrons. The monoisotopic (exact) mass is 330 g/mol. The maximum Gasteiger partial charge on any atom is 0.311 e. The summed E-state index contributed by atoms with van der Waals surface area (Å²) in [5.41, 5.74) is 1.56. The number of anilines is 1. The van der Waals surface area contributed by atoms with Crippen LogP contribution >= 0.6 is 0 Å². The fourth-order valence-corrected chi connectivity index (χ4v) is 3.49. The Balaban J connectivity index is 1.44. The van der Waals surface area contributed by atoms with E-state index in [9.17, 15) is 9.59 Å². The molecule has 0 unspecified atom stereocenters. The molecule has 5 nitrogen and oxygen atoms in total. The van der Waals surface area contributed by atoms with Crippen LogP contribution in [0.15, 0.2) is 24.3 Å². The van der Waals surface area contributed by atoms with Crippen molar-refractivity contribution >= 4 is 17.9 Å². The van der Waals surface area contributed by atoms with Gasteiger partial charge in [0.05, 0.1) is 5.41 Å². The third-order valence-corrected chi connectivity index (χ3v) is 5.10. The number of hydrogen-bond acceptors (Lipinski definition) is 5. The number of hydrogen-bond donors (Lipinski definition) is 0. The van der Waals surface area contributed by atoms with Gasteiger partial charge in [0.2, 0.25) is 0 Å². The molecule has 2 heterocycles. The number of carbonyl (C=O) groups is 2. The van der Waals surface area contributed by atoms with Crippen molar-refractivity contribution in [2.75, 3.05) is 37.6 Å². The second kappa shape index (κ2) is 6.93. The number of rotatable bonds is 5. The summed E-state index contributed by atoms with van der Waals surface area (Å²) in [5, 5.41) is 0. The van der Waals surface area contributed by atoms with Gasteiger partial charge in [-0.15, -0.1) is 0 Å². The maximum absolute atomic E-state index is 11.7. The molecule has 0 aromatic heterocycles. The number of esters is 1. The van der Waals surface area contributed by atoms with E-state index in [4.69, 9.17) is 4.74 Å². The van der Waals surface area contributed by atoms with E-state index >= 15 is 0 Å². The Hall–Kier alpha value is -1.88. The topological polar surface area (TPSA) is 49.9 Å². The third-order valence-electron chi connectivity index (χ3n) is 5.10. The molecule has 2 saturated heterocycles. The highest BCUT2D eigenvalue weighted by molar-refractivity contribution is 5.78. The molecular weight excluding hydrogens is 304 g/mol. The van der Waals surface area contributed by atoms with Crippen molar-refractivity contribution in [2.24, 2.45) is 5.41 Å². The van der Waals surface area contributed by atoms with E-state index in [0.717, 1.165) is 51.9 Å². The molecule has 0 radical (unpaired) electrons. The van der Waals surface area contributed by atoms with Gasteiger partial charge in [-0.25, -0.2) is 0 Å². The minimum Gasteiger partial charge on any atom is -0.462 e. The largest absolute Gasteiger partial charge is 0.462 e. The summed E-state index contributed by atoms with van der Waals surface area (Å²) in [6, 6.07) is 7.76. The van der Waals surface area contributed by atoms with Gasteiger partial charge in [0.25, 0.3) is 0 Å². The third kappa shape index (κ3) is 3.78. The Morgan fingerprint density at radius 2 is 1.83 bits per heavy atom. The van der Waals surface area contributed by atoms with Crippen molar-refractivity contribution in [2.45, 2.75) is 32.8 Å². The van der Waals surface area contributed by atoms with E-state index in [0.29, 0.717) is 5.56 Å². The second-order valence-electron chi connectivity index (χ2n) is 7.44. The molecule has 1 atom stereocenters. The SMILES string of the molecule is CC1(C)C[C@@H](CCN2CCN(c3ccc(C=O)cc3)CC2)OC1=O. The van der Waals surface area contributed by atoms with Gasteiger partial charge >= 0.3 is 5.97 Å². The Bertz CT molecular complexity index is 589. The van der Waals surface area contributed by atoms with E-state index in [1.165, 1.54) is 5.69 Å². The van der Waals surface area contributed by atoms with Crippen molar-refractivity contribution < 1.29 is 14.3 Å². The van der Waals surface area contributed by atoms with Gasteiger partial charge in [0.1, 0.15) is 12.4 Å². The predicted octanol–water partition coefficient (Wildman–Crippen LogP) is 2.35. The van der Waals surface area contributed by atoms with Gasteiger partial charge in [-0.05, 0) is 51.0 Å². The van der Waals surface area contributed by atoms with Crippen LogP contribution in [0, 0.1) is 5.41 Å². The summed E-state index contributed by atoms with van der Waals surface area (Å²) < 4.78 is 5.48. The van der Waals surface area contributed by atoms with E-state index in [1.807, 2.05) is 38.1 Å². The summed E-state index contributed by atoms with van der Waals surface area (Å²) in [6.07, 6.45) is 2.69. The average molecular weight is 330 g/mol. The second-order valence-corrected chi connectivity index (χ2v) is 7.44. The highest BCUT2D eigenvalue weighted by Crippen LogP contribution is 2.34. The molecule has 0 N–H and O–H groups in total. The summed E-state index contributed by atoms with van der Waals surface area (Å²) in [6.45, 7) is 8.89. The van der Waals surface area contributed by atoms with Crippen molar-refractivity contribution in [3.63, 3.8) is 0 Å². The molecule has 1 aromatic carbocycles. The maximum atomic E-state index is 11.7. The van der Waals surface area contributed by atoms with E-state index < -0.39 is 0 Å². The van der Waals surface area contributed by atoms with Crippen LogP contribution in [-0.2, 0) is 9.53 Å². The first-order valence-electron chi connectivity index (χ1n) is 8.71. The number of piperazine rings is 1. The number of benzene rings is 1. The first-order chi connectivity index (χ1) is 11.5. The first kappa shape index (κ1) is 17.0. The zero-order chi connectivity index (χ0) is 17.2. The first-order valence-corrected chi connectivity index (χ1v) is 8.71. The van der Waals surface area contributed by atoms with E-state index in [1.54, 1.807) is 0 Å². The minimum absolute atomic E-state index is 0.0592. The Morgan fingerprint density at radius 3 is 2.38 bits per heavy atom. The van der Waals surface area contributed by atoms with Crippen LogP contribution in [0.25, 0.3) is 0 Å². The molecule has 3 rings (SSSR count). The molecule has 0 amide bonds. The Morgan fingerprint density at radius 1 is 1.17 bits per heavy atom.